The summed E-state index contributed by atoms with van der Waals surface area (Å²) in [5, 5.41) is 14.8. The Morgan fingerprint density at radius 3 is 1.12 bits per heavy atom. The number of para-hydroxylation sites is 4. The average molecular weight is 1060 g/mol. The molecule has 0 aliphatic carbocycles. The fourth-order valence-electron chi connectivity index (χ4n) is 13.2. The van der Waals surface area contributed by atoms with Gasteiger partial charge in [0.2, 0.25) is 0 Å². The first-order valence-corrected chi connectivity index (χ1v) is 28.6. The van der Waals surface area contributed by atoms with E-state index in [4.69, 9.17) is 0 Å². The van der Waals surface area contributed by atoms with E-state index in [2.05, 4.69) is 336 Å². The zero-order chi connectivity index (χ0) is 54.8. The summed E-state index contributed by atoms with van der Waals surface area (Å²) in [6.45, 7) is 0. The molecular formula is C80H53N3. The minimum Gasteiger partial charge on any atom is -0.310 e. The Labute approximate surface area is 482 Å². The number of fused-ring (bicyclic) bond motifs is 11. The van der Waals surface area contributed by atoms with Crippen LogP contribution in [0.5, 0.6) is 0 Å². The minimum absolute atomic E-state index is 1.07. The van der Waals surface area contributed by atoms with Crippen molar-refractivity contribution < 1.29 is 0 Å². The molecule has 16 aromatic rings. The molecule has 0 N–H and O–H groups in total. The standard InChI is InChI=1S/C80H53N3/c1-4-20-57(21-5-1)82(58-22-6-2-7-23-58)79-51-49-64(68-28-16-17-33-74(68)79)55-38-43-61(44-39-55)81(62-45-46-73-71-31-13-12-29-69(71)70-30-14-15-32-72(70)76(73)53-62)60-41-36-54(37-42-60)63-47-48-65(67-27-11-10-26-66(63)67)56-40-50-80-77(52-56)75-34-18-19-35-78(75)83(80)59-24-8-3-9-25-59/h1-53H. The number of hydrogen-bond donors (Lipinski definition) is 0. The van der Waals surface area contributed by atoms with Crippen LogP contribution in [0.15, 0.2) is 322 Å². The molecule has 0 atom stereocenters. The lowest BCUT2D eigenvalue weighted by Crippen LogP contribution is -2.10. The number of aromatic nitrogens is 1. The highest BCUT2D eigenvalue weighted by Crippen LogP contribution is 2.46. The molecule has 388 valence electrons. The van der Waals surface area contributed by atoms with Crippen LogP contribution in [0.4, 0.5) is 34.1 Å². The molecular weight excluding hydrogens is 1000 g/mol. The molecule has 0 bridgehead atoms. The van der Waals surface area contributed by atoms with Crippen molar-refractivity contribution >= 4 is 110 Å². The van der Waals surface area contributed by atoms with E-state index in [0.717, 1.165) is 50.9 Å². The topological polar surface area (TPSA) is 11.4 Å². The van der Waals surface area contributed by atoms with Gasteiger partial charge in [0.05, 0.1) is 16.7 Å². The summed E-state index contributed by atoms with van der Waals surface area (Å²) < 4.78 is 2.38. The fraction of sp³-hybridized carbons (Fsp3) is 0. The van der Waals surface area contributed by atoms with E-state index in [1.54, 1.807) is 0 Å². The maximum atomic E-state index is 2.42. The van der Waals surface area contributed by atoms with Crippen LogP contribution in [0.1, 0.15) is 0 Å². The first kappa shape index (κ1) is 48.0. The van der Waals surface area contributed by atoms with Gasteiger partial charge in [-0.15, -0.1) is 0 Å². The van der Waals surface area contributed by atoms with Gasteiger partial charge >= 0.3 is 0 Å². The molecule has 0 aliphatic rings. The molecule has 0 unspecified atom stereocenters. The van der Waals surface area contributed by atoms with Crippen LogP contribution in [0.2, 0.25) is 0 Å². The maximum absolute atomic E-state index is 2.42. The third-order valence-electron chi connectivity index (χ3n) is 17.0. The third kappa shape index (κ3) is 8.12. The van der Waals surface area contributed by atoms with E-state index in [1.165, 1.54) is 97.9 Å². The van der Waals surface area contributed by atoms with E-state index >= 15 is 0 Å². The van der Waals surface area contributed by atoms with Crippen LogP contribution in [-0.4, -0.2) is 4.57 Å². The lowest BCUT2D eigenvalue weighted by Gasteiger charge is -2.28. The molecule has 0 radical (unpaired) electrons. The normalized spacial score (nSPS) is 11.6. The summed E-state index contributed by atoms with van der Waals surface area (Å²) in [7, 11) is 0. The molecule has 1 aromatic heterocycles. The van der Waals surface area contributed by atoms with E-state index in [9.17, 15) is 0 Å². The van der Waals surface area contributed by atoms with Crippen molar-refractivity contribution in [1.82, 2.24) is 4.57 Å². The van der Waals surface area contributed by atoms with Crippen LogP contribution >= 0.6 is 0 Å². The van der Waals surface area contributed by atoms with Gasteiger partial charge in [0.1, 0.15) is 0 Å². The average Bonchev–Trinajstić information content (AvgIpc) is 4.05. The Morgan fingerprint density at radius 2 is 0.566 bits per heavy atom. The summed E-state index contributed by atoms with van der Waals surface area (Å²) in [4.78, 5) is 4.78. The number of hydrogen-bond acceptors (Lipinski definition) is 2. The van der Waals surface area contributed by atoms with Crippen molar-refractivity contribution in [3.63, 3.8) is 0 Å². The monoisotopic (exact) mass is 1060 g/mol. The smallest absolute Gasteiger partial charge is 0.0541 e. The van der Waals surface area contributed by atoms with Crippen LogP contribution in [0, 0.1) is 0 Å². The van der Waals surface area contributed by atoms with Gasteiger partial charge in [0.15, 0.2) is 0 Å². The first-order valence-electron chi connectivity index (χ1n) is 28.6. The SMILES string of the molecule is c1ccc(N(c2ccccc2)c2ccc(-c3ccc(N(c4ccc(-c5ccc(-c6ccc7c(c6)c6ccccc6n7-c6ccccc6)c6ccccc56)cc4)c4ccc5c6ccccc6c6ccccc6c5c4)cc3)c3ccccc23)cc1. The van der Waals surface area contributed by atoms with Gasteiger partial charge in [-0.25, -0.2) is 0 Å². The van der Waals surface area contributed by atoms with E-state index in [0.29, 0.717) is 0 Å². The molecule has 1 heterocycles. The Hall–Kier alpha value is -11.0. The van der Waals surface area contributed by atoms with Gasteiger partial charge in [0, 0.05) is 50.3 Å². The summed E-state index contributed by atoms with van der Waals surface area (Å²) in [5.41, 5.74) is 17.3. The largest absolute Gasteiger partial charge is 0.310 e. The highest BCUT2D eigenvalue weighted by atomic mass is 15.1. The van der Waals surface area contributed by atoms with Crippen LogP contribution in [0.3, 0.4) is 0 Å². The Kier molecular flexibility index (Phi) is 11.5. The third-order valence-corrected chi connectivity index (χ3v) is 17.0. The summed E-state index contributed by atoms with van der Waals surface area (Å²) in [6, 6.07) is 118. The molecule has 15 aromatic carbocycles. The van der Waals surface area contributed by atoms with Gasteiger partial charge in [-0.1, -0.05) is 224 Å². The van der Waals surface area contributed by atoms with E-state index < -0.39 is 0 Å². The fourth-order valence-corrected chi connectivity index (χ4v) is 13.2. The van der Waals surface area contributed by atoms with Crippen molar-refractivity contribution in [2.75, 3.05) is 9.80 Å². The second-order valence-electron chi connectivity index (χ2n) is 21.6. The van der Waals surface area contributed by atoms with Gasteiger partial charge in [-0.2, -0.15) is 0 Å². The molecule has 0 saturated carbocycles. The Morgan fingerprint density at radius 1 is 0.193 bits per heavy atom. The first-order chi connectivity index (χ1) is 41.2. The molecule has 0 fully saturated rings. The van der Waals surface area contributed by atoms with Crippen molar-refractivity contribution in [3.8, 4) is 39.1 Å². The van der Waals surface area contributed by atoms with Crippen molar-refractivity contribution in [2.45, 2.75) is 0 Å². The van der Waals surface area contributed by atoms with Crippen molar-refractivity contribution in [1.29, 1.82) is 0 Å². The molecule has 0 amide bonds. The van der Waals surface area contributed by atoms with Crippen LogP contribution in [0.25, 0.3) is 115 Å². The van der Waals surface area contributed by atoms with Gasteiger partial charge in [-0.05, 0) is 179 Å². The molecule has 3 nitrogen and oxygen atoms in total. The van der Waals surface area contributed by atoms with Crippen molar-refractivity contribution in [2.24, 2.45) is 0 Å². The van der Waals surface area contributed by atoms with Gasteiger partial charge in [0.25, 0.3) is 0 Å². The zero-order valence-electron chi connectivity index (χ0n) is 45.4. The Balaban J connectivity index is 0.803. The second-order valence-corrected chi connectivity index (χ2v) is 21.6. The zero-order valence-corrected chi connectivity index (χ0v) is 45.4. The molecule has 0 spiro atoms. The number of nitrogens with zero attached hydrogens (tertiary/aromatic N) is 3. The molecule has 16 rings (SSSR count). The number of benzene rings is 15. The quantitative estimate of drug-likeness (QED) is 0.126. The summed E-state index contributed by atoms with van der Waals surface area (Å²) in [6.07, 6.45) is 0. The highest BCUT2D eigenvalue weighted by Gasteiger charge is 2.21. The van der Waals surface area contributed by atoms with Crippen molar-refractivity contribution in [3.05, 3.63) is 322 Å². The van der Waals surface area contributed by atoms with E-state index in [1.807, 2.05) is 0 Å². The lowest BCUT2D eigenvalue weighted by atomic mass is 9.91. The van der Waals surface area contributed by atoms with E-state index in [-0.39, 0.29) is 0 Å². The highest BCUT2D eigenvalue weighted by molar-refractivity contribution is 6.26. The lowest BCUT2D eigenvalue weighted by molar-refractivity contribution is 1.18. The molecule has 3 heteroatoms. The minimum atomic E-state index is 1.07. The van der Waals surface area contributed by atoms with Crippen LogP contribution < -0.4 is 9.80 Å². The Bertz CT molecular complexity index is 5050. The summed E-state index contributed by atoms with van der Waals surface area (Å²) in [5.74, 6) is 0. The predicted molar refractivity (Wildman–Crippen MR) is 354 cm³/mol. The number of rotatable bonds is 10. The second kappa shape index (κ2) is 20.0. The summed E-state index contributed by atoms with van der Waals surface area (Å²) >= 11 is 0. The molecule has 0 aliphatic heterocycles. The van der Waals surface area contributed by atoms with Gasteiger partial charge < -0.3 is 14.4 Å². The maximum Gasteiger partial charge on any atom is 0.0541 e. The molecule has 0 saturated heterocycles. The van der Waals surface area contributed by atoms with Crippen LogP contribution in [-0.2, 0) is 0 Å². The molecule has 83 heavy (non-hydrogen) atoms. The van der Waals surface area contributed by atoms with Gasteiger partial charge in [-0.3, -0.25) is 0 Å². The number of anilines is 6. The predicted octanol–water partition coefficient (Wildman–Crippen LogP) is 22.5.